The second-order valence-corrected chi connectivity index (χ2v) is 3.80. The lowest BCUT2D eigenvalue weighted by Crippen LogP contribution is -2.30. The minimum atomic E-state index is 0.0879. The first kappa shape index (κ1) is 10.7. The first-order valence-electron chi connectivity index (χ1n) is 5.25. The van der Waals surface area contributed by atoms with Crippen molar-refractivity contribution in [2.24, 2.45) is 0 Å². The number of hydrogen-bond donors (Lipinski definition) is 1. The largest absolute Gasteiger partial charge is 0.491 e. The van der Waals surface area contributed by atoms with Gasteiger partial charge in [-0.15, -0.1) is 0 Å². The van der Waals surface area contributed by atoms with Gasteiger partial charge in [0.05, 0.1) is 6.04 Å². The van der Waals surface area contributed by atoms with Crippen LogP contribution in [0.1, 0.15) is 23.2 Å². The standard InChI is InChI=1S/C12H13NO3/c14-7-9-1-4-11(5-2-9)16-8-10-3-6-12(15)13-10/h1-2,4-5,7,10H,3,6,8H2,(H,13,15). The van der Waals surface area contributed by atoms with E-state index < -0.39 is 0 Å². The number of amides is 1. The number of carbonyl (C=O) groups is 2. The Kier molecular flexibility index (Phi) is 3.19. The summed E-state index contributed by atoms with van der Waals surface area (Å²) >= 11 is 0. The van der Waals surface area contributed by atoms with Crippen LogP contribution in [0.3, 0.4) is 0 Å². The van der Waals surface area contributed by atoms with Gasteiger partial charge in [-0.3, -0.25) is 9.59 Å². The Morgan fingerprint density at radius 1 is 1.38 bits per heavy atom. The van der Waals surface area contributed by atoms with Crippen molar-refractivity contribution in [1.82, 2.24) is 5.32 Å². The number of rotatable bonds is 4. The Hall–Kier alpha value is -1.84. The first-order valence-corrected chi connectivity index (χ1v) is 5.25. The van der Waals surface area contributed by atoms with Crippen molar-refractivity contribution in [3.63, 3.8) is 0 Å². The maximum atomic E-state index is 10.9. The molecule has 16 heavy (non-hydrogen) atoms. The van der Waals surface area contributed by atoms with E-state index in [4.69, 9.17) is 4.74 Å². The Morgan fingerprint density at radius 2 is 2.12 bits per heavy atom. The van der Waals surface area contributed by atoms with E-state index in [1.165, 1.54) is 0 Å². The third-order valence-corrected chi connectivity index (χ3v) is 2.55. The molecule has 1 amide bonds. The summed E-state index contributed by atoms with van der Waals surface area (Å²) in [5.41, 5.74) is 0.626. The highest BCUT2D eigenvalue weighted by molar-refractivity contribution is 5.78. The van der Waals surface area contributed by atoms with Crippen molar-refractivity contribution in [2.45, 2.75) is 18.9 Å². The van der Waals surface area contributed by atoms with E-state index in [1.54, 1.807) is 24.3 Å². The number of hydrogen-bond acceptors (Lipinski definition) is 3. The van der Waals surface area contributed by atoms with Gasteiger partial charge in [-0.05, 0) is 30.7 Å². The van der Waals surface area contributed by atoms with E-state index in [0.717, 1.165) is 12.7 Å². The molecule has 1 aliphatic heterocycles. The minimum Gasteiger partial charge on any atom is -0.491 e. The zero-order chi connectivity index (χ0) is 11.4. The molecule has 1 atom stereocenters. The van der Waals surface area contributed by atoms with Gasteiger partial charge >= 0.3 is 0 Å². The summed E-state index contributed by atoms with van der Waals surface area (Å²) in [6, 6.07) is 7.02. The van der Waals surface area contributed by atoms with Crippen LogP contribution in [0.15, 0.2) is 24.3 Å². The molecule has 2 rings (SSSR count). The molecule has 1 N–H and O–H groups in total. The molecule has 0 bridgehead atoms. The summed E-state index contributed by atoms with van der Waals surface area (Å²) in [4.78, 5) is 21.4. The Bertz CT molecular complexity index is 386. The highest BCUT2D eigenvalue weighted by Gasteiger charge is 2.20. The number of ether oxygens (including phenoxy) is 1. The maximum Gasteiger partial charge on any atom is 0.220 e. The molecule has 1 heterocycles. The minimum absolute atomic E-state index is 0.0879. The van der Waals surface area contributed by atoms with Crippen LogP contribution in [0.2, 0.25) is 0 Å². The highest BCUT2D eigenvalue weighted by Crippen LogP contribution is 2.13. The maximum absolute atomic E-state index is 10.9. The van der Waals surface area contributed by atoms with Gasteiger partial charge in [-0.25, -0.2) is 0 Å². The molecule has 1 saturated heterocycles. The van der Waals surface area contributed by atoms with Crippen molar-refractivity contribution in [3.05, 3.63) is 29.8 Å². The van der Waals surface area contributed by atoms with Gasteiger partial charge in [0, 0.05) is 12.0 Å². The van der Waals surface area contributed by atoms with E-state index in [9.17, 15) is 9.59 Å². The molecule has 0 saturated carbocycles. The van der Waals surface area contributed by atoms with Gasteiger partial charge < -0.3 is 10.1 Å². The van der Waals surface area contributed by atoms with Gasteiger partial charge in [0.25, 0.3) is 0 Å². The summed E-state index contributed by atoms with van der Waals surface area (Å²) in [7, 11) is 0. The lowest BCUT2D eigenvalue weighted by atomic mass is 10.2. The van der Waals surface area contributed by atoms with Crippen LogP contribution in [-0.2, 0) is 4.79 Å². The second kappa shape index (κ2) is 4.79. The third-order valence-electron chi connectivity index (χ3n) is 2.55. The summed E-state index contributed by atoms with van der Waals surface area (Å²) in [6.45, 7) is 0.478. The molecular formula is C12H13NO3. The Balaban J connectivity index is 1.84. The van der Waals surface area contributed by atoms with E-state index in [0.29, 0.717) is 24.3 Å². The molecule has 0 aliphatic carbocycles. The third kappa shape index (κ3) is 2.59. The predicted molar refractivity (Wildman–Crippen MR) is 58.5 cm³/mol. The lowest BCUT2D eigenvalue weighted by molar-refractivity contribution is -0.119. The van der Waals surface area contributed by atoms with Crippen LogP contribution in [0.5, 0.6) is 5.75 Å². The van der Waals surface area contributed by atoms with Gasteiger partial charge in [0.1, 0.15) is 18.6 Å². The fourth-order valence-corrected chi connectivity index (χ4v) is 1.64. The molecule has 4 heteroatoms. The van der Waals surface area contributed by atoms with Gasteiger partial charge in [-0.2, -0.15) is 0 Å². The van der Waals surface area contributed by atoms with Gasteiger partial charge in [-0.1, -0.05) is 0 Å². The monoisotopic (exact) mass is 219 g/mol. The van der Waals surface area contributed by atoms with Crippen LogP contribution in [0.25, 0.3) is 0 Å². The number of carbonyl (C=O) groups excluding carboxylic acids is 2. The van der Waals surface area contributed by atoms with Crippen molar-refractivity contribution in [2.75, 3.05) is 6.61 Å². The SMILES string of the molecule is O=Cc1ccc(OCC2CCC(=O)N2)cc1. The number of benzene rings is 1. The second-order valence-electron chi connectivity index (χ2n) is 3.80. The normalized spacial score (nSPS) is 19.2. The fourth-order valence-electron chi connectivity index (χ4n) is 1.64. The van der Waals surface area contributed by atoms with Crippen LogP contribution in [-0.4, -0.2) is 24.8 Å². The lowest BCUT2D eigenvalue weighted by Gasteiger charge is -2.11. The van der Waals surface area contributed by atoms with Crippen molar-refractivity contribution in [3.8, 4) is 5.75 Å². The average Bonchev–Trinajstić information content (AvgIpc) is 2.73. The average molecular weight is 219 g/mol. The molecule has 1 aliphatic rings. The molecule has 0 radical (unpaired) electrons. The Labute approximate surface area is 93.6 Å². The quantitative estimate of drug-likeness (QED) is 0.773. The van der Waals surface area contributed by atoms with E-state index in [2.05, 4.69) is 5.32 Å². The first-order chi connectivity index (χ1) is 7.78. The van der Waals surface area contributed by atoms with Crippen molar-refractivity contribution < 1.29 is 14.3 Å². The van der Waals surface area contributed by atoms with Crippen LogP contribution in [0, 0.1) is 0 Å². The highest BCUT2D eigenvalue weighted by atomic mass is 16.5. The molecule has 0 spiro atoms. The number of nitrogens with one attached hydrogen (secondary N) is 1. The van der Waals surface area contributed by atoms with E-state index in [-0.39, 0.29) is 11.9 Å². The predicted octanol–water partition coefficient (Wildman–Crippen LogP) is 1.16. The number of aldehydes is 1. The van der Waals surface area contributed by atoms with E-state index >= 15 is 0 Å². The smallest absolute Gasteiger partial charge is 0.220 e. The molecule has 1 fully saturated rings. The zero-order valence-electron chi connectivity index (χ0n) is 8.81. The topological polar surface area (TPSA) is 55.4 Å². The molecule has 1 aromatic carbocycles. The molecule has 1 aromatic rings. The Morgan fingerprint density at radius 3 is 2.69 bits per heavy atom. The summed E-state index contributed by atoms with van der Waals surface area (Å²) in [5, 5.41) is 2.83. The summed E-state index contributed by atoms with van der Waals surface area (Å²) in [6.07, 6.45) is 2.20. The molecule has 84 valence electrons. The van der Waals surface area contributed by atoms with Crippen LogP contribution < -0.4 is 10.1 Å². The van der Waals surface area contributed by atoms with Gasteiger partial charge in [0.2, 0.25) is 5.91 Å². The van der Waals surface area contributed by atoms with Crippen LogP contribution >= 0.6 is 0 Å². The van der Waals surface area contributed by atoms with Crippen molar-refractivity contribution in [1.29, 1.82) is 0 Å². The van der Waals surface area contributed by atoms with Crippen molar-refractivity contribution >= 4 is 12.2 Å². The molecular weight excluding hydrogens is 206 g/mol. The molecule has 4 nitrogen and oxygen atoms in total. The zero-order valence-corrected chi connectivity index (χ0v) is 8.81. The molecule has 0 aromatic heterocycles. The van der Waals surface area contributed by atoms with E-state index in [1.807, 2.05) is 0 Å². The van der Waals surface area contributed by atoms with Crippen LogP contribution in [0.4, 0.5) is 0 Å². The fraction of sp³-hybridized carbons (Fsp3) is 0.333. The summed E-state index contributed by atoms with van der Waals surface area (Å²) in [5.74, 6) is 0.802. The summed E-state index contributed by atoms with van der Waals surface area (Å²) < 4.78 is 5.51. The molecule has 1 unspecified atom stereocenters. The van der Waals surface area contributed by atoms with Gasteiger partial charge in [0.15, 0.2) is 0 Å².